The van der Waals surface area contributed by atoms with E-state index in [9.17, 15) is 4.79 Å². The first-order chi connectivity index (χ1) is 16.1. The molecule has 5 rings (SSSR count). The zero-order chi connectivity index (χ0) is 22.8. The number of piperazine rings is 1. The van der Waals surface area contributed by atoms with Gasteiger partial charge in [-0.15, -0.1) is 0 Å². The average Bonchev–Trinajstić information content (AvgIpc) is 3.30. The van der Waals surface area contributed by atoms with E-state index in [1.807, 2.05) is 54.4 Å². The third-order valence-corrected chi connectivity index (χ3v) is 5.94. The molecule has 1 aliphatic rings. The lowest BCUT2D eigenvalue weighted by Gasteiger charge is -2.33. The summed E-state index contributed by atoms with van der Waals surface area (Å²) in [6, 6.07) is 11.9. The van der Waals surface area contributed by atoms with Crippen LogP contribution in [0.25, 0.3) is 33.7 Å². The summed E-state index contributed by atoms with van der Waals surface area (Å²) in [6.07, 6.45) is 3.60. The van der Waals surface area contributed by atoms with Gasteiger partial charge in [0.05, 0.1) is 40.9 Å². The molecule has 5 heterocycles. The molecule has 4 aromatic rings. The number of hydrogen-bond donors (Lipinski definition) is 2. The maximum atomic E-state index is 11.0. The number of fused-ring (bicyclic) bond motifs is 1. The summed E-state index contributed by atoms with van der Waals surface area (Å²) < 4.78 is 0. The van der Waals surface area contributed by atoms with Crippen molar-refractivity contribution in [3.8, 4) is 22.6 Å². The standard InChI is InChI=1S/C24H25N7O2/c1-16-3-2-4-21(27-16)24-18(13-26-29-24)19-5-6-20-23(28-19)17(7-8-25-20)14-30-9-11-31(12-10-30)15-22(32)33/h2-8,13H,9-12,14-15H2,1H3,(H,26,29)(H,32,33). The summed E-state index contributed by atoms with van der Waals surface area (Å²) in [7, 11) is 0. The van der Waals surface area contributed by atoms with Crippen LogP contribution in [0.1, 0.15) is 11.3 Å². The molecule has 1 saturated heterocycles. The molecule has 9 heteroatoms. The van der Waals surface area contributed by atoms with E-state index in [1.54, 1.807) is 6.20 Å². The summed E-state index contributed by atoms with van der Waals surface area (Å²) in [5, 5.41) is 16.3. The Bertz CT molecular complexity index is 1290. The summed E-state index contributed by atoms with van der Waals surface area (Å²) in [6.45, 7) is 5.94. The molecule has 4 aromatic heterocycles. The highest BCUT2D eigenvalue weighted by atomic mass is 16.4. The van der Waals surface area contributed by atoms with Crippen LogP contribution in [0.5, 0.6) is 0 Å². The van der Waals surface area contributed by atoms with Crippen molar-refractivity contribution in [2.24, 2.45) is 0 Å². The van der Waals surface area contributed by atoms with Gasteiger partial charge in [0, 0.05) is 50.2 Å². The van der Waals surface area contributed by atoms with Crippen LogP contribution >= 0.6 is 0 Å². The Morgan fingerprint density at radius 2 is 1.85 bits per heavy atom. The van der Waals surface area contributed by atoms with Crippen molar-refractivity contribution >= 4 is 17.0 Å². The average molecular weight is 444 g/mol. The van der Waals surface area contributed by atoms with Gasteiger partial charge in [-0.2, -0.15) is 5.10 Å². The number of aromatic amines is 1. The fraction of sp³-hybridized carbons (Fsp3) is 0.292. The molecule has 0 saturated carbocycles. The number of pyridine rings is 3. The molecule has 168 valence electrons. The fourth-order valence-electron chi connectivity index (χ4n) is 4.25. The predicted molar refractivity (Wildman–Crippen MR) is 124 cm³/mol. The summed E-state index contributed by atoms with van der Waals surface area (Å²) in [4.78, 5) is 29.4. The molecule has 2 N–H and O–H groups in total. The van der Waals surface area contributed by atoms with Crippen LogP contribution in [0, 0.1) is 6.92 Å². The fourth-order valence-corrected chi connectivity index (χ4v) is 4.25. The van der Waals surface area contributed by atoms with Crippen LogP contribution in [0.15, 0.2) is 48.8 Å². The minimum atomic E-state index is -0.778. The molecule has 0 bridgehead atoms. The van der Waals surface area contributed by atoms with Gasteiger partial charge in [0.1, 0.15) is 0 Å². The molecular weight excluding hydrogens is 418 g/mol. The van der Waals surface area contributed by atoms with Crippen LogP contribution in [0.2, 0.25) is 0 Å². The highest BCUT2D eigenvalue weighted by Gasteiger charge is 2.20. The van der Waals surface area contributed by atoms with E-state index in [0.29, 0.717) is 0 Å². The minimum Gasteiger partial charge on any atom is -0.480 e. The molecule has 0 spiro atoms. The Balaban J connectivity index is 1.42. The van der Waals surface area contributed by atoms with Gasteiger partial charge in [0.2, 0.25) is 0 Å². The number of aromatic nitrogens is 5. The van der Waals surface area contributed by atoms with Gasteiger partial charge < -0.3 is 5.11 Å². The number of aryl methyl sites for hydroxylation is 1. The van der Waals surface area contributed by atoms with Crippen molar-refractivity contribution in [2.45, 2.75) is 13.5 Å². The third kappa shape index (κ3) is 4.59. The zero-order valence-corrected chi connectivity index (χ0v) is 18.4. The van der Waals surface area contributed by atoms with Crippen LogP contribution < -0.4 is 0 Å². The molecule has 0 aliphatic carbocycles. The number of H-pyrrole nitrogens is 1. The largest absolute Gasteiger partial charge is 0.480 e. The third-order valence-electron chi connectivity index (χ3n) is 5.94. The first-order valence-electron chi connectivity index (χ1n) is 11.0. The number of aliphatic carboxylic acids is 1. The Morgan fingerprint density at radius 3 is 2.64 bits per heavy atom. The first-order valence-corrected chi connectivity index (χ1v) is 11.0. The Hall–Kier alpha value is -3.69. The number of nitrogens with one attached hydrogen (secondary N) is 1. The molecule has 33 heavy (non-hydrogen) atoms. The van der Waals surface area contributed by atoms with Gasteiger partial charge in [-0.1, -0.05) is 6.07 Å². The zero-order valence-electron chi connectivity index (χ0n) is 18.4. The van der Waals surface area contributed by atoms with Crippen molar-refractivity contribution in [1.29, 1.82) is 0 Å². The number of hydrogen-bond acceptors (Lipinski definition) is 7. The van der Waals surface area contributed by atoms with Gasteiger partial charge in [-0.3, -0.25) is 29.7 Å². The van der Waals surface area contributed by atoms with Crippen LogP contribution in [0.4, 0.5) is 0 Å². The minimum absolute atomic E-state index is 0.0970. The van der Waals surface area contributed by atoms with Gasteiger partial charge in [0.15, 0.2) is 0 Å². The van der Waals surface area contributed by atoms with Gasteiger partial charge in [-0.25, -0.2) is 4.98 Å². The monoisotopic (exact) mass is 443 g/mol. The number of carbonyl (C=O) groups is 1. The molecule has 9 nitrogen and oxygen atoms in total. The maximum Gasteiger partial charge on any atom is 0.317 e. The second-order valence-corrected chi connectivity index (χ2v) is 8.30. The van der Waals surface area contributed by atoms with E-state index in [0.717, 1.165) is 77.7 Å². The van der Waals surface area contributed by atoms with Crippen molar-refractivity contribution in [2.75, 3.05) is 32.7 Å². The molecule has 0 atom stereocenters. The van der Waals surface area contributed by atoms with E-state index >= 15 is 0 Å². The van der Waals surface area contributed by atoms with E-state index in [-0.39, 0.29) is 6.54 Å². The highest BCUT2D eigenvalue weighted by molar-refractivity contribution is 5.84. The van der Waals surface area contributed by atoms with Crippen LogP contribution in [0.3, 0.4) is 0 Å². The van der Waals surface area contributed by atoms with Crippen molar-refractivity contribution in [1.82, 2.24) is 34.9 Å². The number of rotatable bonds is 6. The SMILES string of the molecule is Cc1cccc(-c2[nH]ncc2-c2ccc3nccc(CN4CCN(CC(=O)O)CC4)c3n2)n1. The number of nitrogens with zero attached hydrogens (tertiary/aromatic N) is 6. The lowest BCUT2D eigenvalue weighted by molar-refractivity contribution is -0.138. The molecular formula is C24H25N7O2. The topological polar surface area (TPSA) is 111 Å². The quantitative estimate of drug-likeness (QED) is 0.468. The highest BCUT2D eigenvalue weighted by Crippen LogP contribution is 2.29. The first kappa shape index (κ1) is 21.2. The van der Waals surface area contributed by atoms with Gasteiger partial charge in [-0.05, 0) is 42.8 Å². The van der Waals surface area contributed by atoms with Crippen molar-refractivity contribution in [3.63, 3.8) is 0 Å². The lowest BCUT2D eigenvalue weighted by atomic mass is 10.1. The second-order valence-electron chi connectivity index (χ2n) is 8.30. The smallest absolute Gasteiger partial charge is 0.317 e. The van der Waals surface area contributed by atoms with E-state index in [2.05, 4.69) is 25.1 Å². The van der Waals surface area contributed by atoms with Crippen molar-refractivity contribution < 1.29 is 9.90 Å². The Kier molecular flexibility index (Phi) is 5.80. The Labute approximate surface area is 191 Å². The molecule has 0 radical (unpaired) electrons. The summed E-state index contributed by atoms with van der Waals surface area (Å²) >= 11 is 0. The van der Waals surface area contributed by atoms with Crippen LogP contribution in [-0.2, 0) is 11.3 Å². The summed E-state index contributed by atoms with van der Waals surface area (Å²) in [5.74, 6) is -0.778. The number of carboxylic acids is 1. The van der Waals surface area contributed by atoms with E-state index < -0.39 is 5.97 Å². The Morgan fingerprint density at radius 1 is 1.03 bits per heavy atom. The normalized spacial score (nSPS) is 15.2. The molecule has 0 aromatic carbocycles. The molecule has 0 amide bonds. The van der Waals surface area contributed by atoms with E-state index in [4.69, 9.17) is 10.1 Å². The summed E-state index contributed by atoms with van der Waals surface area (Å²) in [5.41, 5.74) is 7.14. The maximum absolute atomic E-state index is 11.0. The molecule has 1 fully saturated rings. The van der Waals surface area contributed by atoms with Gasteiger partial charge >= 0.3 is 5.97 Å². The lowest BCUT2D eigenvalue weighted by Crippen LogP contribution is -2.47. The second kappa shape index (κ2) is 9.05. The van der Waals surface area contributed by atoms with Crippen molar-refractivity contribution in [3.05, 3.63) is 60.0 Å². The molecule has 0 unspecified atom stereocenters. The van der Waals surface area contributed by atoms with E-state index in [1.165, 1.54) is 0 Å². The van der Waals surface area contributed by atoms with Crippen LogP contribution in [-0.4, -0.2) is 78.7 Å². The van der Waals surface area contributed by atoms with Gasteiger partial charge in [0.25, 0.3) is 0 Å². The predicted octanol–water partition coefficient (Wildman–Crippen LogP) is 2.59. The molecule has 1 aliphatic heterocycles. The number of carboxylic acid groups (broad SMARTS) is 1.